The number of nitrogens with zero attached hydrogens (tertiary/aromatic N) is 3. The van der Waals surface area contributed by atoms with E-state index in [4.69, 9.17) is 9.72 Å². The normalized spacial score (nSPS) is 11.3. The number of non-ortho nitro benzene ring substituents is 1. The number of nitrogens with one attached hydrogen (secondary N) is 1. The van der Waals surface area contributed by atoms with Gasteiger partial charge in [0.1, 0.15) is 16.8 Å². The van der Waals surface area contributed by atoms with E-state index in [-0.39, 0.29) is 11.6 Å². The zero-order chi connectivity index (χ0) is 26.4. The number of thioether (sulfide) groups is 1. The number of amides is 1. The number of benzene rings is 3. The maximum Gasteiger partial charge on any atom is 0.271 e. The number of hydrogen-bond acceptors (Lipinski definition) is 7. The maximum atomic E-state index is 13.0. The molecule has 1 heterocycles. The van der Waals surface area contributed by atoms with Crippen molar-refractivity contribution in [1.82, 2.24) is 4.98 Å². The highest BCUT2D eigenvalue weighted by Gasteiger charge is 2.22. The molecule has 37 heavy (non-hydrogen) atoms. The van der Waals surface area contributed by atoms with Gasteiger partial charge in [-0.1, -0.05) is 60.3 Å². The fourth-order valence-electron chi connectivity index (χ4n) is 3.63. The fourth-order valence-corrected chi connectivity index (χ4v) is 4.56. The van der Waals surface area contributed by atoms with Gasteiger partial charge in [0.25, 0.3) is 5.69 Å². The zero-order valence-electron chi connectivity index (χ0n) is 20.0. The first kappa shape index (κ1) is 25.4. The van der Waals surface area contributed by atoms with E-state index in [1.807, 2.05) is 60.7 Å². The molecule has 0 bridgehead atoms. The number of anilines is 1. The van der Waals surface area contributed by atoms with Crippen molar-refractivity contribution in [1.29, 1.82) is 5.26 Å². The second-order valence-corrected chi connectivity index (χ2v) is 9.33. The molecule has 4 aromatic rings. The molecule has 3 aromatic carbocycles. The molecule has 1 N–H and O–H groups in total. The Bertz CT molecular complexity index is 1480. The van der Waals surface area contributed by atoms with Gasteiger partial charge >= 0.3 is 0 Å². The van der Waals surface area contributed by atoms with Gasteiger partial charge in [-0.2, -0.15) is 5.26 Å². The summed E-state index contributed by atoms with van der Waals surface area (Å²) in [4.78, 5) is 28.2. The van der Waals surface area contributed by atoms with Gasteiger partial charge in [0.15, 0.2) is 0 Å². The molecule has 0 saturated heterocycles. The third-order valence-electron chi connectivity index (χ3n) is 5.55. The summed E-state index contributed by atoms with van der Waals surface area (Å²) in [5.41, 5.74) is 3.59. The van der Waals surface area contributed by atoms with Crippen molar-refractivity contribution >= 4 is 29.0 Å². The first-order valence-corrected chi connectivity index (χ1v) is 12.1. The number of carbonyl (C=O) groups is 1. The molecule has 0 aliphatic rings. The zero-order valence-corrected chi connectivity index (χ0v) is 20.9. The van der Waals surface area contributed by atoms with Gasteiger partial charge in [-0.05, 0) is 36.8 Å². The van der Waals surface area contributed by atoms with Gasteiger partial charge in [0, 0.05) is 28.9 Å². The molecule has 9 heteroatoms. The number of ether oxygens (including phenoxy) is 1. The van der Waals surface area contributed by atoms with Crippen LogP contribution in [0, 0.1) is 21.4 Å². The predicted molar refractivity (Wildman–Crippen MR) is 143 cm³/mol. The van der Waals surface area contributed by atoms with Gasteiger partial charge in [-0.25, -0.2) is 4.98 Å². The van der Waals surface area contributed by atoms with Gasteiger partial charge in [-0.3, -0.25) is 14.9 Å². The van der Waals surface area contributed by atoms with Crippen LogP contribution in [0.1, 0.15) is 12.5 Å². The molecule has 0 saturated carbocycles. The SMILES string of the molecule is COc1ccc(-c2cc(-c3ccccc3)nc(S[C@@H](C)C(=O)Nc3cccc([N+](=O)[O-])c3)c2C#N)cc1. The number of nitro benzene ring substituents is 1. The van der Waals surface area contributed by atoms with Crippen LogP contribution in [-0.4, -0.2) is 28.2 Å². The van der Waals surface area contributed by atoms with Crippen LogP contribution in [0.15, 0.2) is 90.0 Å². The van der Waals surface area contributed by atoms with E-state index >= 15 is 0 Å². The van der Waals surface area contributed by atoms with Crippen molar-refractivity contribution in [2.75, 3.05) is 12.4 Å². The average Bonchev–Trinajstić information content (AvgIpc) is 2.93. The lowest BCUT2D eigenvalue weighted by Crippen LogP contribution is -2.22. The molecule has 184 valence electrons. The molecule has 4 rings (SSSR count). The summed E-state index contributed by atoms with van der Waals surface area (Å²) in [6, 6.07) is 26.8. The highest BCUT2D eigenvalue weighted by molar-refractivity contribution is 8.00. The van der Waals surface area contributed by atoms with E-state index in [2.05, 4.69) is 11.4 Å². The summed E-state index contributed by atoms with van der Waals surface area (Å²) in [7, 11) is 1.59. The highest BCUT2D eigenvalue weighted by atomic mass is 32.2. The van der Waals surface area contributed by atoms with Crippen LogP contribution >= 0.6 is 11.8 Å². The Morgan fingerprint density at radius 2 is 1.78 bits per heavy atom. The molecule has 0 fully saturated rings. The quantitative estimate of drug-likeness (QED) is 0.167. The lowest BCUT2D eigenvalue weighted by molar-refractivity contribution is -0.384. The summed E-state index contributed by atoms with van der Waals surface area (Å²) >= 11 is 1.15. The molecule has 0 radical (unpaired) electrons. The van der Waals surface area contributed by atoms with E-state index in [0.717, 1.165) is 22.9 Å². The Morgan fingerprint density at radius 1 is 1.05 bits per heavy atom. The molecule has 1 atom stereocenters. The van der Waals surface area contributed by atoms with Crippen molar-refractivity contribution in [3.05, 3.63) is 101 Å². The smallest absolute Gasteiger partial charge is 0.271 e. The third-order valence-corrected chi connectivity index (χ3v) is 6.64. The maximum absolute atomic E-state index is 13.0. The van der Waals surface area contributed by atoms with Crippen LogP contribution in [0.2, 0.25) is 0 Å². The van der Waals surface area contributed by atoms with E-state index in [9.17, 15) is 20.2 Å². The van der Waals surface area contributed by atoms with Crippen molar-refractivity contribution in [2.24, 2.45) is 0 Å². The summed E-state index contributed by atoms with van der Waals surface area (Å²) < 4.78 is 5.26. The lowest BCUT2D eigenvalue weighted by Gasteiger charge is -2.16. The summed E-state index contributed by atoms with van der Waals surface area (Å²) in [5.74, 6) is 0.327. The number of nitro groups is 1. The first-order chi connectivity index (χ1) is 17.9. The first-order valence-electron chi connectivity index (χ1n) is 11.3. The Morgan fingerprint density at radius 3 is 2.43 bits per heavy atom. The number of aromatic nitrogens is 1. The van der Waals surface area contributed by atoms with Crippen molar-refractivity contribution < 1.29 is 14.5 Å². The second kappa shape index (κ2) is 11.4. The number of carbonyl (C=O) groups excluding carboxylic acids is 1. The minimum atomic E-state index is -0.645. The molecular formula is C28H22N4O4S. The van der Waals surface area contributed by atoms with Crippen LogP contribution in [0.5, 0.6) is 5.75 Å². The summed E-state index contributed by atoms with van der Waals surface area (Å²) in [6.45, 7) is 1.70. The van der Waals surface area contributed by atoms with Crippen LogP contribution < -0.4 is 10.1 Å². The van der Waals surface area contributed by atoms with E-state index in [1.54, 1.807) is 20.1 Å². The molecule has 0 spiro atoms. The Labute approximate surface area is 218 Å². The standard InChI is InChI=1S/C28H22N4O4S/c1-18(27(33)30-21-9-6-10-22(15-21)32(34)35)37-28-25(17-29)24(19-11-13-23(36-2)14-12-19)16-26(31-28)20-7-4-3-5-8-20/h3-16,18H,1-2H3,(H,30,33)/t18-/m0/s1. The average molecular weight is 511 g/mol. The monoisotopic (exact) mass is 510 g/mol. The molecule has 8 nitrogen and oxygen atoms in total. The topological polar surface area (TPSA) is 118 Å². The number of rotatable bonds is 8. The van der Waals surface area contributed by atoms with E-state index in [1.165, 1.54) is 18.2 Å². The Hall–Kier alpha value is -4.68. The predicted octanol–water partition coefficient (Wildman–Crippen LogP) is 6.32. The minimum Gasteiger partial charge on any atom is -0.497 e. The lowest BCUT2D eigenvalue weighted by atomic mass is 9.99. The highest BCUT2D eigenvalue weighted by Crippen LogP contribution is 2.36. The number of pyridine rings is 1. The summed E-state index contributed by atoms with van der Waals surface area (Å²) in [5, 5.41) is 23.6. The molecular weight excluding hydrogens is 488 g/mol. The largest absolute Gasteiger partial charge is 0.497 e. The van der Waals surface area contributed by atoms with Gasteiger partial charge in [0.05, 0.1) is 28.5 Å². The van der Waals surface area contributed by atoms with E-state index < -0.39 is 10.2 Å². The Balaban J connectivity index is 1.70. The minimum absolute atomic E-state index is 0.119. The van der Waals surface area contributed by atoms with Crippen LogP contribution in [0.3, 0.4) is 0 Å². The molecule has 0 aliphatic heterocycles. The van der Waals surface area contributed by atoms with Gasteiger partial charge in [0.2, 0.25) is 5.91 Å². The molecule has 1 amide bonds. The number of nitriles is 1. The van der Waals surface area contributed by atoms with Gasteiger partial charge < -0.3 is 10.1 Å². The fraction of sp³-hybridized carbons (Fsp3) is 0.107. The van der Waals surface area contributed by atoms with Crippen molar-refractivity contribution in [2.45, 2.75) is 17.2 Å². The number of hydrogen-bond donors (Lipinski definition) is 1. The molecule has 0 aliphatic carbocycles. The van der Waals surface area contributed by atoms with Gasteiger partial charge in [-0.15, -0.1) is 0 Å². The van der Waals surface area contributed by atoms with Crippen LogP contribution in [-0.2, 0) is 4.79 Å². The van der Waals surface area contributed by atoms with Crippen molar-refractivity contribution in [3.63, 3.8) is 0 Å². The van der Waals surface area contributed by atoms with E-state index in [0.29, 0.717) is 33.3 Å². The van der Waals surface area contributed by atoms with Crippen LogP contribution in [0.4, 0.5) is 11.4 Å². The molecule has 1 aromatic heterocycles. The summed E-state index contributed by atoms with van der Waals surface area (Å²) in [6.07, 6.45) is 0. The molecule has 0 unspecified atom stereocenters. The second-order valence-electron chi connectivity index (χ2n) is 8.00. The number of methoxy groups -OCH3 is 1. The van der Waals surface area contributed by atoms with Crippen LogP contribution in [0.25, 0.3) is 22.4 Å². The third kappa shape index (κ3) is 5.94. The Kier molecular flexibility index (Phi) is 7.81. The van der Waals surface area contributed by atoms with Crippen molar-refractivity contribution in [3.8, 4) is 34.2 Å².